The van der Waals surface area contributed by atoms with E-state index in [1.807, 2.05) is 12.1 Å². The number of hydrogen-bond acceptors (Lipinski definition) is 3. The first kappa shape index (κ1) is 22.9. The largest absolute Gasteiger partial charge is 0.497 e. The van der Waals surface area contributed by atoms with Crippen LogP contribution >= 0.6 is 0 Å². The molecule has 2 N–H and O–H groups in total. The number of benzene rings is 3. The Morgan fingerprint density at radius 2 is 1.45 bits per heavy atom. The molecule has 1 unspecified atom stereocenters. The molecule has 0 spiro atoms. The standard InChI is InChI=1S/C25H27NO2.C3H8/c1-27-24-11-8-21(9-12-24)20-5-2-18(3-6-20)17-28-25-13-10-22-14-19(16-26)4-7-23(22)15-25;1-3-2/h2-3,5-6,8-13,15,19H,4,7,14,16-17,26H2,1H3;3H2,1-2H3. The minimum absolute atomic E-state index is 0.576. The van der Waals surface area contributed by atoms with Gasteiger partial charge in [0.15, 0.2) is 0 Å². The second-order valence-electron chi connectivity index (χ2n) is 8.20. The van der Waals surface area contributed by atoms with Crippen molar-refractivity contribution in [1.29, 1.82) is 0 Å². The average Bonchev–Trinajstić information content (AvgIpc) is 2.83. The minimum Gasteiger partial charge on any atom is -0.497 e. The molecule has 4 rings (SSSR count). The third-order valence-corrected chi connectivity index (χ3v) is 5.62. The fourth-order valence-corrected chi connectivity index (χ4v) is 3.84. The molecule has 3 nitrogen and oxygen atoms in total. The van der Waals surface area contributed by atoms with Crippen LogP contribution in [0.3, 0.4) is 0 Å². The molecule has 3 aromatic carbocycles. The summed E-state index contributed by atoms with van der Waals surface area (Å²) in [6.45, 7) is 5.61. The molecule has 1 aliphatic rings. The minimum atomic E-state index is 0.576. The average molecular weight is 418 g/mol. The van der Waals surface area contributed by atoms with Crippen LogP contribution in [0, 0.1) is 5.92 Å². The van der Waals surface area contributed by atoms with E-state index < -0.39 is 0 Å². The van der Waals surface area contributed by atoms with Gasteiger partial charge in [-0.3, -0.25) is 0 Å². The third-order valence-electron chi connectivity index (χ3n) is 5.62. The third kappa shape index (κ3) is 6.35. The molecule has 0 saturated carbocycles. The summed E-state index contributed by atoms with van der Waals surface area (Å²) < 4.78 is 11.3. The zero-order valence-electron chi connectivity index (χ0n) is 19.1. The lowest BCUT2D eigenvalue weighted by atomic mass is 9.84. The number of fused-ring (bicyclic) bond motifs is 1. The fourth-order valence-electron chi connectivity index (χ4n) is 3.84. The van der Waals surface area contributed by atoms with Gasteiger partial charge in [0.25, 0.3) is 0 Å². The van der Waals surface area contributed by atoms with Crippen LogP contribution in [0.5, 0.6) is 11.5 Å². The predicted molar refractivity (Wildman–Crippen MR) is 130 cm³/mol. The summed E-state index contributed by atoms with van der Waals surface area (Å²) in [5.41, 5.74) is 12.2. The van der Waals surface area contributed by atoms with E-state index in [2.05, 4.69) is 68.4 Å². The summed E-state index contributed by atoms with van der Waals surface area (Å²) >= 11 is 0. The van der Waals surface area contributed by atoms with Crippen LogP contribution in [0.4, 0.5) is 0 Å². The van der Waals surface area contributed by atoms with Crippen molar-refractivity contribution in [1.82, 2.24) is 0 Å². The molecule has 0 aliphatic heterocycles. The van der Waals surface area contributed by atoms with E-state index in [1.165, 1.54) is 35.1 Å². The number of ether oxygens (including phenoxy) is 2. The Kier molecular flexibility index (Phi) is 8.54. The maximum atomic E-state index is 6.05. The Labute approximate surface area is 187 Å². The molecule has 0 fully saturated rings. The SMILES string of the molecule is CCC.COc1ccc(-c2ccc(COc3ccc4c(c3)CCC(CN)C4)cc2)cc1. The molecular weight excluding hydrogens is 382 g/mol. The van der Waals surface area contributed by atoms with Gasteiger partial charge in [0.05, 0.1) is 7.11 Å². The van der Waals surface area contributed by atoms with Gasteiger partial charge >= 0.3 is 0 Å². The molecule has 0 amide bonds. The smallest absolute Gasteiger partial charge is 0.120 e. The van der Waals surface area contributed by atoms with Crippen molar-refractivity contribution < 1.29 is 9.47 Å². The lowest BCUT2D eigenvalue weighted by Crippen LogP contribution is -2.22. The van der Waals surface area contributed by atoms with Gasteiger partial charge in [-0.25, -0.2) is 0 Å². The summed E-state index contributed by atoms with van der Waals surface area (Å²) in [5, 5.41) is 0. The Hall–Kier alpha value is -2.78. The van der Waals surface area contributed by atoms with Crippen LogP contribution in [0.1, 0.15) is 43.4 Å². The molecule has 0 saturated heterocycles. The van der Waals surface area contributed by atoms with Crippen LogP contribution in [0.25, 0.3) is 11.1 Å². The molecule has 0 radical (unpaired) electrons. The molecular formula is C28H35NO2. The first-order chi connectivity index (χ1) is 15.2. The summed E-state index contributed by atoms with van der Waals surface area (Å²) in [7, 11) is 1.68. The molecule has 0 heterocycles. The van der Waals surface area contributed by atoms with Crippen LogP contribution in [0.15, 0.2) is 66.7 Å². The summed E-state index contributed by atoms with van der Waals surface area (Å²) in [6, 6.07) is 23.2. The summed E-state index contributed by atoms with van der Waals surface area (Å²) in [4.78, 5) is 0. The van der Waals surface area contributed by atoms with Crippen LogP contribution in [0.2, 0.25) is 0 Å². The topological polar surface area (TPSA) is 44.5 Å². The van der Waals surface area contributed by atoms with Crippen molar-refractivity contribution >= 4 is 0 Å². The maximum absolute atomic E-state index is 6.05. The quantitative estimate of drug-likeness (QED) is 0.503. The molecule has 0 aromatic heterocycles. The second-order valence-corrected chi connectivity index (χ2v) is 8.20. The van der Waals surface area contributed by atoms with Crippen molar-refractivity contribution in [2.75, 3.05) is 13.7 Å². The first-order valence-electron chi connectivity index (χ1n) is 11.3. The normalized spacial score (nSPS) is 14.8. The van der Waals surface area contributed by atoms with Crippen molar-refractivity contribution in [3.8, 4) is 22.6 Å². The molecule has 3 aromatic rings. The molecule has 1 atom stereocenters. The Balaban J connectivity index is 0.000000858. The maximum Gasteiger partial charge on any atom is 0.120 e. The number of aryl methyl sites for hydroxylation is 1. The first-order valence-corrected chi connectivity index (χ1v) is 11.3. The lowest BCUT2D eigenvalue weighted by Gasteiger charge is -2.23. The Morgan fingerprint density at radius 3 is 2.06 bits per heavy atom. The molecule has 164 valence electrons. The Bertz CT molecular complexity index is 932. The lowest BCUT2D eigenvalue weighted by molar-refractivity contribution is 0.305. The van der Waals surface area contributed by atoms with E-state index >= 15 is 0 Å². The second kappa shape index (κ2) is 11.6. The van der Waals surface area contributed by atoms with E-state index in [0.717, 1.165) is 36.4 Å². The predicted octanol–water partition coefficient (Wildman–Crippen LogP) is 6.42. The van der Waals surface area contributed by atoms with Crippen LogP contribution < -0.4 is 15.2 Å². The molecule has 3 heteroatoms. The highest BCUT2D eigenvalue weighted by molar-refractivity contribution is 5.64. The highest BCUT2D eigenvalue weighted by Crippen LogP contribution is 2.29. The zero-order valence-corrected chi connectivity index (χ0v) is 19.1. The summed E-state index contributed by atoms with van der Waals surface area (Å²) in [5.74, 6) is 2.45. The highest BCUT2D eigenvalue weighted by atomic mass is 16.5. The van der Waals surface area contributed by atoms with Crippen LogP contribution in [-0.2, 0) is 19.4 Å². The van der Waals surface area contributed by atoms with E-state index in [0.29, 0.717) is 12.5 Å². The summed E-state index contributed by atoms with van der Waals surface area (Å²) in [6.07, 6.45) is 4.63. The van der Waals surface area contributed by atoms with Gasteiger partial charge in [0.1, 0.15) is 18.1 Å². The van der Waals surface area contributed by atoms with Gasteiger partial charge in [-0.1, -0.05) is 62.7 Å². The van der Waals surface area contributed by atoms with Gasteiger partial charge < -0.3 is 15.2 Å². The van der Waals surface area contributed by atoms with E-state index in [-0.39, 0.29) is 0 Å². The number of rotatable bonds is 6. The van der Waals surface area contributed by atoms with Gasteiger partial charge in [-0.05, 0) is 83.8 Å². The monoisotopic (exact) mass is 417 g/mol. The number of hydrogen-bond donors (Lipinski definition) is 1. The van der Waals surface area contributed by atoms with E-state index in [1.54, 1.807) is 7.11 Å². The van der Waals surface area contributed by atoms with Crippen molar-refractivity contribution in [3.05, 3.63) is 83.4 Å². The van der Waals surface area contributed by atoms with E-state index in [4.69, 9.17) is 15.2 Å². The van der Waals surface area contributed by atoms with Gasteiger partial charge in [-0.15, -0.1) is 0 Å². The molecule has 1 aliphatic carbocycles. The van der Waals surface area contributed by atoms with E-state index in [9.17, 15) is 0 Å². The van der Waals surface area contributed by atoms with Crippen LogP contribution in [-0.4, -0.2) is 13.7 Å². The molecule has 31 heavy (non-hydrogen) atoms. The van der Waals surface area contributed by atoms with Gasteiger partial charge in [-0.2, -0.15) is 0 Å². The van der Waals surface area contributed by atoms with Crippen molar-refractivity contribution in [2.45, 2.75) is 46.1 Å². The van der Waals surface area contributed by atoms with Crippen molar-refractivity contribution in [2.24, 2.45) is 11.7 Å². The number of methoxy groups -OCH3 is 1. The van der Waals surface area contributed by atoms with Crippen molar-refractivity contribution in [3.63, 3.8) is 0 Å². The zero-order chi connectivity index (χ0) is 22.1. The fraction of sp³-hybridized carbons (Fsp3) is 0.357. The highest BCUT2D eigenvalue weighted by Gasteiger charge is 2.17. The molecule has 0 bridgehead atoms. The van der Waals surface area contributed by atoms with Gasteiger partial charge in [0, 0.05) is 0 Å². The number of nitrogens with two attached hydrogens (primary N) is 1. The van der Waals surface area contributed by atoms with Gasteiger partial charge in [0.2, 0.25) is 0 Å². The Morgan fingerprint density at radius 1 is 0.839 bits per heavy atom.